The van der Waals surface area contributed by atoms with Crippen LogP contribution in [-0.2, 0) is 13.2 Å². The van der Waals surface area contributed by atoms with Gasteiger partial charge < -0.3 is 15.5 Å². The summed E-state index contributed by atoms with van der Waals surface area (Å²) >= 11 is 5.67. The largest absolute Gasteiger partial charge is 0.435 e. The van der Waals surface area contributed by atoms with Gasteiger partial charge >= 0.3 is 6.18 Å². The summed E-state index contributed by atoms with van der Waals surface area (Å²) in [5.41, 5.74) is -1.91. The number of hydrogen-bond acceptors (Lipinski definition) is 4. The Morgan fingerprint density at radius 2 is 2.00 bits per heavy atom. The SMILES string of the molecule is CNCC(O)C(O)c1c(C(F)(F)F)nn(C)c1Cl. The number of hydrogen-bond donors (Lipinski definition) is 3. The molecule has 1 rings (SSSR count). The molecule has 0 saturated carbocycles. The number of rotatable bonds is 4. The van der Waals surface area contributed by atoms with Gasteiger partial charge in [-0.15, -0.1) is 0 Å². The van der Waals surface area contributed by atoms with E-state index in [1.807, 2.05) is 0 Å². The molecule has 2 unspecified atom stereocenters. The lowest BCUT2D eigenvalue weighted by molar-refractivity contribution is -0.143. The van der Waals surface area contributed by atoms with Gasteiger partial charge in [0.2, 0.25) is 0 Å². The van der Waals surface area contributed by atoms with Crippen molar-refractivity contribution in [3.63, 3.8) is 0 Å². The Kier molecular flexibility index (Phi) is 4.60. The van der Waals surface area contributed by atoms with Crippen molar-refractivity contribution in [1.29, 1.82) is 0 Å². The zero-order valence-electron chi connectivity index (χ0n) is 9.66. The lowest BCUT2D eigenvalue weighted by Crippen LogP contribution is -2.30. The minimum absolute atomic E-state index is 0.0797. The summed E-state index contributed by atoms with van der Waals surface area (Å²) in [6.07, 6.45) is -7.94. The zero-order valence-corrected chi connectivity index (χ0v) is 10.4. The second-order valence-electron chi connectivity index (χ2n) is 3.74. The second-order valence-corrected chi connectivity index (χ2v) is 4.10. The third-order valence-electron chi connectivity index (χ3n) is 2.35. The van der Waals surface area contributed by atoms with Crippen molar-refractivity contribution in [2.24, 2.45) is 7.05 Å². The average molecular weight is 288 g/mol. The standard InChI is InChI=1S/C9H13ClF3N3O2/c1-14-3-4(17)6(18)5-7(9(11,12)13)15-16(2)8(5)10/h4,6,14,17-18H,3H2,1-2H3. The maximum atomic E-state index is 12.7. The number of nitrogens with zero attached hydrogens (tertiary/aromatic N) is 2. The van der Waals surface area contributed by atoms with E-state index in [4.69, 9.17) is 11.6 Å². The molecule has 18 heavy (non-hydrogen) atoms. The maximum absolute atomic E-state index is 12.7. The van der Waals surface area contributed by atoms with E-state index in [1.165, 1.54) is 14.1 Å². The average Bonchev–Trinajstić information content (AvgIpc) is 2.55. The number of aromatic nitrogens is 2. The molecule has 2 atom stereocenters. The van der Waals surface area contributed by atoms with Crippen LogP contribution in [0.1, 0.15) is 17.4 Å². The number of aryl methyl sites for hydroxylation is 1. The molecule has 9 heteroatoms. The highest BCUT2D eigenvalue weighted by Gasteiger charge is 2.41. The summed E-state index contributed by atoms with van der Waals surface area (Å²) in [6.45, 7) is -0.0797. The third kappa shape index (κ3) is 2.94. The summed E-state index contributed by atoms with van der Waals surface area (Å²) in [4.78, 5) is 0. The van der Waals surface area contributed by atoms with Gasteiger partial charge in [-0.05, 0) is 7.05 Å². The first-order valence-corrected chi connectivity index (χ1v) is 5.38. The summed E-state index contributed by atoms with van der Waals surface area (Å²) in [6, 6.07) is 0. The molecule has 0 amide bonds. The van der Waals surface area contributed by atoms with E-state index in [1.54, 1.807) is 0 Å². The fourth-order valence-corrected chi connectivity index (χ4v) is 1.74. The van der Waals surface area contributed by atoms with E-state index in [0.29, 0.717) is 0 Å². The highest BCUT2D eigenvalue weighted by molar-refractivity contribution is 6.30. The van der Waals surface area contributed by atoms with Crippen LogP contribution in [0.25, 0.3) is 0 Å². The van der Waals surface area contributed by atoms with Crippen molar-refractivity contribution in [1.82, 2.24) is 15.1 Å². The summed E-state index contributed by atoms with van der Waals surface area (Å²) in [5.74, 6) is 0. The quantitative estimate of drug-likeness (QED) is 0.763. The first-order chi connectivity index (χ1) is 8.20. The smallest absolute Gasteiger partial charge is 0.389 e. The van der Waals surface area contributed by atoms with E-state index < -0.39 is 29.6 Å². The molecule has 1 aromatic heterocycles. The van der Waals surface area contributed by atoms with Gasteiger partial charge in [-0.25, -0.2) is 0 Å². The molecule has 0 aliphatic carbocycles. The molecule has 0 aromatic carbocycles. The maximum Gasteiger partial charge on any atom is 0.435 e. The monoisotopic (exact) mass is 287 g/mol. The Bertz CT molecular complexity index is 422. The Balaban J connectivity index is 3.22. The van der Waals surface area contributed by atoms with Crippen molar-refractivity contribution in [3.8, 4) is 0 Å². The van der Waals surface area contributed by atoms with E-state index in [-0.39, 0.29) is 11.7 Å². The minimum atomic E-state index is -4.75. The molecule has 0 saturated heterocycles. The van der Waals surface area contributed by atoms with Gasteiger partial charge in [-0.3, -0.25) is 4.68 Å². The summed E-state index contributed by atoms with van der Waals surface area (Å²) in [5, 5.41) is 24.6. The van der Waals surface area contributed by atoms with E-state index in [0.717, 1.165) is 4.68 Å². The van der Waals surface area contributed by atoms with Crippen LogP contribution in [0.3, 0.4) is 0 Å². The number of nitrogens with one attached hydrogen (secondary N) is 1. The first kappa shape index (κ1) is 15.2. The Morgan fingerprint density at radius 1 is 1.44 bits per heavy atom. The van der Waals surface area contributed by atoms with Crippen LogP contribution in [0.5, 0.6) is 0 Å². The van der Waals surface area contributed by atoms with Gasteiger partial charge in [0.25, 0.3) is 0 Å². The van der Waals surface area contributed by atoms with E-state index in [9.17, 15) is 23.4 Å². The van der Waals surface area contributed by atoms with Gasteiger partial charge in [0, 0.05) is 13.6 Å². The van der Waals surface area contributed by atoms with Crippen molar-refractivity contribution in [2.75, 3.05) is 13.6 Å². The van der Waals surface area contributed by atoms with Crippen LogP contribution in [0.15, 0.2) is 0 Å². The van der Waals surface area contributed by atoms with Crippen molar-refractivity contribution in [2.45, 2.75) is 18.4 Å². The molecular weight excluding hydrogens is 275 g/mol. The van der Waals surface area contributed by atoms with Gasteiger partial charge in [0.05, 0.1) is 11.7 Å². The molecule has 5 nitrogen and oxygen atoms in total. The molecular formula is C9H13ClF3N3O2. The zero-order chi connectivity index (χ0) is 14.1. The Labute approximate surface area is 106 Å². The summed E-state index contributed by atoms with van der Waals surface area (Å²) in [7, 11) is 2.71. The van der Waals surface area contributed by atoms with Crippen LogP contribution >= 0.6 is 11.6 Å². The normalized spacial score (nSPS) is 15.8. The van der Waals surface area contributed by atoms with Crippen LogP contribution in [0.2, 0.25) is 5.15 Å². The number of aliphatic hydroxyl groups is 2. The fraction of sp³-hybridized carbons (Fsp3) is 0.667. The van der Waals surface area contributed by atoms with Crippen LogP contribution in [0.4, 0.5) is 13.2 Å². The molecule has 1 heterocycles. The molecule has 0 radical (unpaired) electrons. The molecule has 0 spiro atoms. The topological polar surface area (TPSA) is 70.3 Å². The number of likely N-dealkylation sites (N-methyl/N-ethyl adjacent to an activating group) is 1. The Hall–Kier alpha value is -0.830. The van der Waals surface area contributed by atoms with Crippen molar-refractivity contribution in [3.05, 3.63) is 16.4 Å². The van der Waals surface area contributed by atoms with Gasteiger partial charge in [0.15, 0.2) is 5.69 Å². The molecule has 0 aliphatic heterocycles. The highest BCUT2D eigenvalue weighted by atomic mass is 35.5. The molecule has 0 fully saturated rings. The van der Waals surface area contributed by atoms with Crippen LogP contribution in [0, 0.1) is 0 Å². The second kappa shape index (κ2) is 5.43. The molecule has 0 bridgehead atoms. The van der Waals surface area contributed by atoms with Gasteiger partial charge in [0.1, 0.15) is 11.3 Å². The highest BCUT2D eigenvalue weighted by Crippen LogP contribution is 2.38. The molecule has 104 valence electrons. The van der Waals surface area contributed by atoms with E-state index in [2.05, 4.69) is 10.4 Å². The minimum Gasteiger partial charge on any atom is -0.389 e. The lowest BCUT2D eigenvalue weighted by atomic mass is 10.0. The van der Waals surface area contributed by atoms with Crippen molar-refractivity contribution < 1.29 is 23.4 Å². The number of halogens is 4. The fourth-order valence-electron chi connectivity index (χ4n) is 1.50. The first-order valence-electron chi connectivity index (χ1n) is 5.00. The van der Waals surface area contributed by atoms with Gasteiger partial charge in [-0.2, -0.15) is 18.3 Å². The van der Waals surface area contributed by atoms with Crippen LogP contribution < -0.4 is 5.32 Å². The number of aliphatic hydroxyl groups excluding tert-OH is 2. The number of alkyl halides is 3. The summed E-state index contributed by atoms with van der Waals surface area (Å²) < 4.78 is 38.9. The molecule has 0 aliphatic rings. The predicted molar refractivity (Wildman–Crippen MR) is 58.1 cm³/mol. The Morgan fingerprint density at radius 3 is 2.44 bits per heavy atom. The van der Waals surface area contributed by atoms with Crippen molar-refractivity contribution >= 4 is 11.6 Å². The molecule has 3 N–H and O–H groups in total. The predicted octanol–water partition coefficient (Wildman–Crippen LogP) is 0.706. The van der Waals surface area contributed by atoms with Crippen LogP contribution in [-0.4, -0.2) is 39.7 Å². The van der Waals surface area contributed by atoms with Gasteiger partial charge in [-0.1, -0.05) is 11.6 Å². The van der Waals surface area contributed by atoms with E-state index >= 15 is 0 Å². The molecule has 1 aromatic rings. The third-order valence-corrected chi connectivity index (χ3v) is 2.80. The lowest BCUT2D eigenvalue weighted by Gasteiger charge is -2.18.